The van der Waals surface area contributed by atoms with Gasteiger partial charge in [-0.1, -0.05) is 30.3 Å². The van der Waals surface area contributed by atoms with E-state index < -0.39 is 0 Å². The number of H-pyrrole nitrogens is 1. The third kappa shape index (κ3) is 3.21. The Bertz CT molecular complexity index is 1160. The van der Waals surface area contributed by atoms with Gasteiger partial charge in [0.1, 0.15) is 16.5 Å². The molecule has 3 aromatic heterocycles. The van der Waals surface area contributed by atoms with Gasteiger partial charge >= 0.3 is 0 Å². The maximum absolute atomic E-state index is 12.7. The van der Waals surface area contributed by atoms with Crippen molar-refractivity contribution in [1.82, 2.24) is 19.5 Å². The van der Waals surface area contributed by atoms with Gasteiger partial charge in [0.25, 0.3) is 5.56 Å². The largest absolute Gasteiger partial charge is 0.330 e. The molecule has 5 nitrogen and oxygen atoms in total. The standard InChI is InChI=1S/C20H18N4OS2/c25-18-17-14-7-4-10-26-20(14)27-19(17)23-15(22-18)11-16-21-8-9-24(16)12-13-5-2-1-3-6-13/h1-3,5-6,8-9H,4,7,10-12H2,(H,22,23,25). The molecule has 1 aliphatic heterocycles. The minimum Gasteiger partial charge on any atom is -0.330 e. The van der Waals surface area contributed by atoms with Crippen molar-refractivity contribution in [3.8, 4) is 0 Å². The summed E-state index contributed by atoms with van der Waals surface area (Å²) < 4.78 is 3.37. The van der Waals surface area contributed by atoms with Gasteiger partial charge in [0.05, 0.1) is 16.0 Å². The van der Waals surface area contributed by atoms with Crippen LogP contribution >= 0.6 is 23.1 Å². The minimum absolute atomic E-state index is 0.0174. The predicted octanol–water partition coefficient (Wildman–Crippen LogP) is 3.86. The fourth-order valence-electron chi connectivity index (χ4n) is 3.51. The van der Waals surface area contributed by atoms with Crippen LogP contribution in [0.2, 0.25) is 0 Å². The SMILES string of the molecule is O=c1[nH]c(Cc2nccn2Cc2ccccc2)nc2sc3c(c12)CCCS3. The molecule has 0 saturated carbocycles. The van der Waals surface area contributed by atoms with Gasteiger partial charge in [0.15, 0.2) is 0 Å². The van der Waals surface area contributed by atoms with Crippen LogP contribution in [0.3, 0.4) is 0 Å². The normalized spacial score (nSPS) is 13.8. The van der Waals surface area contributed by atoms with Gasteiger partial charge in [-0.05, 0) is 29.7 Å². The summed E-state index contributed by atoms with van der Waals surface area (Å²) in [7, 11) is 0. The summed E-state index contributed by atoms with van der Waals surface area (Å²) in [5, 5.41) is 0.790. The van der Waals surface area contributed by atoms with Crippen LogP contribution in [0.25, 0.3) is 10.2 Å². The van der Waals surface area contributed by atoms with Crippen molar-refractivity contribution in [1.29, 1.82) is 0 Å². The molecule has 0 fully saturated rings. The number of thiophene rings is 1. The number of rotatable bonds is 4. The molecule has 0 unspecified atom stereocenters. The molecule has 5 rings (SSSR count). The van der Waals surface area contributed by atoms with Crippen molar-refractivity contribution in [2.45, 2.75) is 30.0 Å². The van der Waals surface area contributed by atoms with Crippen molar-refractivity contribution in [3.05, 3.63) is 75.9 Å². The first-order valence-corrected chi connectivity index (χ1v) is 10.8. The number of hydrogen-bond acceptors (Lipinski definition) is 5. The fraction of sp³-hybridized carbons (Fsp3) is 0.250. The number of aryl methyl sites for hydroxylation is 1. The van der Waals surface area contributed by atoms with Crippen molar-refractivity contribution in [3.63, 3.8) is 0 Å². The molecule has 0 radical (unpaired) electrons. The molecular weight excluding hydrogens is 376 g/mol. The van der Waals surface area contributed by atoms with Crippen molar-refractivity contribution < 1.29 is 0 Å². The lowest BCUT2D eigenvalue weighted by Crippen LogP contribution is -2.14. The van der Waals surface area contributed by atoms with Crippen LogP contribution in [0.4, 0.5) is 0 Å². The van der Waals surface area contributed by atoms with Gasteiger partial charge < -0.3 is 9.55 Å². The third-order valence-electron chi connectivity index (χ3n) is 4.80. The highest BCUT2D eigenvalue weighted by atomic mass is 32.2. The number of aromatic amines is 1. The molecule has 4 aromatic rings. The number of hydrogen-bond donors (Lipinski definition) is 1. The lowest BCUT2D eigenvalue weighted by molar-refractivity contribution is 0.728. The smallest absolute Gasteiger partial charge is 0.259 e. The number of fused-ring (bicyclic) bond motifs is 3. The predicted molar refractivity (Wildman–Crippen MR) is 110 cm³/mol. The van der Waals surface area contributed by atoms with Crippen LogP contribution in [0, 0.1) is 0 Å². The molecule has 0 atom stereocenters. The molecule has 0 amide bonds. The molecule has 136 valence electrons. The molecule has 0 saturated heterocycles. The van der Waals surface area contributed by atoms with E-state index in [0.717, 1.165) is 41.2 Å². The maximum atomic E-state index is 12.7. The number of thioether (sulfide) groups is 1. The summed E-state index contributed by atoms with van der Waals surface area (Å²) in [4.78, 5) is 25.8. The van der Waals surface area contributed by atoms with Crippen molar-refractivity contribution in [2.24, 2.45) is 0 Å². The second-order valence-corrected chi connectivity index (χ2v) is 9.01. The van der Waals surface area contributed by atoms with E-state index in [4.69, 9.17) is 4.98 Å². The van der Waals surface area contributed by atoms with E-state index in [1.54, 1.807) is 17.5 Å². The van der Waals surface area contributed by atoms with E-state index in [-0.39, 0.29) is 5.56 Å². The molecule has 0 spiro atoms. The van der Waals surface area contributed by atoms with E-state index in [1.165, 1.54) is 15.3 Å². The van der Waals surface area contributed by atoms with Crippen LogP contribution in [-0.2, 0) is 19.4 Å². The Hall–Kier alpha value is -2.38. The molecule has 7 heteroatoms. The molecule has 0 bridgehead atoms. The zero-order valence-corrected chi connectivity index (χ0v) is 16.3. The highest BCUT2D eigenvalue weighted by Gasteiger charge is 2.20. The topological polar surface area (TPSA) is 63.6 Å². The number of nitrogens with zero attached hydrogens (tertiary/aromatic N) is 3. The summed E-state index contributed by atoms with van der Waals surface area (Å²) in [5.74, 6) is 2.70. The molecule has 4 heterocycles. The quantitative estimate of drug-likeness (QED) is 0.571. The Labute approximate surface area is 164 Å². The molecule has 0 aliphatic carbocycles. The summed E-state index contributed by atoms with van der Waals surface area (Å²) in [6, 6.07) is 10.3. The van der Waals surface area contributed by atoms with E-state index >= 15 is 0 Å². The minimum atomic E-state index is -0.0174. The molecule has 27 heavy (non-hydrogen) atoms. The van der Waals surface area contributed by atoms with E-state index in [1.807, 2.05) is 36.2 Å². The van der Waals surface area contributed by atoms with Crippen LogP contribution in [-0.4, -0.2) is 25.3 Å². The second-order valence-electron chi connectivity index (χ2n) is 6.65. The first-order valence-electron chi connectivity index (χ1n) is 8.99. The number of aromatic nitrogens is 4. The Morgan fingerprint density at radius 2 is 2.11 bits per heavy atom. The van der Waals surface area contributed by atoms with Gasteiger partial charge in [-0.25, -0.2) is 9.97 Å². The van der Waals surface area contributed by atoms with Crippen molar-refractivity contribution >= 4 is 33.3 Å². The average Bonchev–Trinajstić information content (AvgIpc) is 3.26. The molecule has 1 N–H and O–H groups in total. The maximum Gasteiger partial charge on any atom is 0.259 e. The van der Waals surface area contributed by atoms with Crippen LogP contribution in [0.5, 0.6) is 0 Å². The number of nitrogens with one attached hydrogen (secondary N) is 1. The van der Waals surface area contributed by atoms with E-state index in [9.17, 15) is 4.79 Å². The summed E-state index contributed by atoms with van der Waals surface area (Å²) in [6.07, 6.45) is 6.39. The Morgan fingerprint density at radius 3 is 3.00 bits per heavy atom. The van der Waals surface area contributed by atoms with Gasteiger partial charge in [0, 0.05) is 18.9 Å². The van der Waals surface area contributed by atoms with E-state index in [2.05, 4.69) is 26.7 Å². The Balaban J connectivity index is 1.47. The summed E-state index contributed by atoms with van der Waals surface area (Å²) in [5.41, 5.74) is 2.39. The summed E-state index contributed by atoms with van der Waals surface area (Å²) in [6.45, 7) is 0.757. The van der Waals surface area contributed by atoms with Crippen LogP contribution in [0.15, 0.2) is 51.7 Å². The van der Waals surface area contributed by atoms with Crippen molar-refractivity contribution in [2.75, 3.05) is 5.75 Å². The van der Waals surface area contributed by atoms with Crippen LogP contribution < -0.4 is 5.56 Å². The average molecular weight is 395 g/mol. The fourth-order valence-corrected chi connectivity index (χ4v) is 6.06. The van der Waals surface area contributed by atoms with Gasteiger partial charge in [-0.2, -0.15) is 0 Å². The number of imidazole rings is 1. The third-order valence-corrected chi connectivity index (χ3v) is 7.33. The lowest BCUT2D eigenvalue weighted by atomic mass is 10.1. The number of benzene rings is 1. The zero-order valence-electron chi connectivity index (χ0n) is 14.6. The first-order chi connectivity index (χ1) is 13.3. The van der Waals surface area contributed by atoms with Gasteiger partial charge in [-0.15, -0.1) is 23.1 Å². The lowest BCUT2D eigenvalue weighted by Gasteiger charge is -2.09. The highest BCUT2D eigenvalue weighted by molar-refractivity contribution is 8.01. The monoisotopic (exact) mass is 394 g/mol. The van der Waals surface area contributed by atoms with Gasteiger partial charge in [0.2, 0.25) is 0 Å². The molecule has 1 aromatic carbocycles. The molecular formula is C20H18N4OS2. The van der Waals surface area contributed by atoms with E-state index in [0.29, 0.717) is 12.2 Å². The van der Waals surface area contributed by atoms with Gasteiger partial charge in [-0.3, -0.25) is 4.79 Å². The zero-order chi connectivity index (χ0) is 18.2. The Morgan fingerprint density at radius 1 is 1.22 bits per heavy atom. The second kappa shape index (κ2) is 6.98. The Kier molecular flexibility index (Phi) is 4.33. The summed E-state index contributed by atoms with van der Waals surface area (Å²) >= 11 is 3.50. The van der Waals surface area contributed by atoms with Crippen LogP contribution in [0.1, 0.15) is 29.2 Å². The first kappa shape index (κ1) is 16.8. The highest BCUT2D eigenvalue weighted by Crippen LogP contribution is 2.40. The molecule has 1 aliphatic rings.